The molecule has 0 N–H and O–H groups in total. The molecule has 5 heteroatoms. The van der Waals surface area contributed by atoms with Crippen molar-refractivity contribution in [2.24, 2.45) is 11.8 Å². The Balaban J connectivity index is 0.000000286. The summed E-state index contributed by atoms with van der Waals surface area (Å²) in [7, 11) is -0.474. The van der Waals surface area contributed by atoms with Gasteiger partial charge in [0, 0.05) is 0 Å². The van der Waals surface area contributed by atoms with E-state index in [-0.39, 0.29) is 58.9 Å². The van der Waals surface area contributed by atoms with Gasteiger partial charge in [-0.2, -0.15) is 12.1 Å². The molecule has 0 aliphatic heterocycles. The number of hydrogen-bond acceptors (Lipinski definition) is 0. The molecular formula is C38H40Cl2P2Zr. The fraction of sp³-hybridized carbons (Fsp3) is 0.211. The van der Waals surface area contributed by atoms with Gasteiger partial charge in [0.1, 0.15) is 0 Å². The van der Waals surface area contributed by atoms with E-state index in [1.165, 1.54) is 49.8 Å². The molecule has 0 aliphatic rings. The summed E-state index contributed by atoms with van der Waals surface area (Å²) in [4.78, 5) is 0. The van der Waals surface area contributed by atoms with Gasteiger partial charge in [-0.15, -0.1) is 80.7 Å². The zero-order valence-corrected chi connectivity index (χ0v) is 31.2. The Morgan fingerprint density at radius 3 is 1.30 bits per heavy atom. The molecule has 0 spiro atoms. The van der Waals surface area contributed by atoms with Crippen LogP contribution in [0.4, 0.5) is 0 Å². The summed E-state index contributed by atoms with van der Waals surface area (Å²) in [6.07, 6.45) is 2.73. The summed E-state index contributed by atoms with van der Waals surface area (Å²) in [5.74, 6) is 1.60. The van der Waals surface area contributed by atoms with Gasteiger partial charge in [0.25, 0.3) is 0 Å². The zero-order valence-electron chi connectivity index (χ0n) is 25.4. The molecule has 0 radical (unpaired) electrons. The fourth-order valence-corrected chi connectivity index (χ4v) is 10.7. The molecule has 0 aromatic heterocycles. The van der Waals surface area contributed by atoms with E-state index in [0.29, 0.717) is 0 Å². The first kappa shape index (κ1) is 37.6. The molecule has 6 rings (SSSR count). The van der Waals surface area contributed by atoms with Crippen molar-refractivity contribution < 1.29 is 51.0 Å². The van der Waals surface area contributed by atoms with E-state index in [2.05, 4.69) is 161 Å². The van der Waals surface area contributed by atoms with Crippen LogP contribution in [0.2, 0.25) is 0 Å². The van der Waals surface area contributed by atoms with Crippen LogP contribution in [-0.2, 0) is 26.2 Å². The summed E-state index contributed by atoms with van der Waals surface area (Å²) < 4.78 is 0. The van der Waals surface area contributed by atoms with E-state index >= 15 is 0 Å². The van der Waals surface area contributed by atoms with Crippen LogP contribution in [0, 0.1) is 11.8 Å². The molecule has 6 aromatic rings. The average Bonchev–Trinajstić information content (AvgIpc) is 3.58. The zero-order chi connectivity index (χ0) is 27.9. The van der Waals surface area contributed by atoms with E-state index < -0.39 is 7.92 Å². The van der Waals surface area contributed by atoms with E-state index in [1.54, 1.807) is 5.30 Å². The molecule has 0 saturated heterocycles. The summed E-state index contributed by atoms with van der Waals surface area (Å²) in [6, 6.07) is 48.6. The summed E-state index contributed by atoms with van der Waals surface area (Å²) in [5, 5.41) is 11.3. The SMILES string of the molecule is CC(C)CP(CC(C)C)c1cc2ccccc2[cH-]1.[Cl-].[Cl-].[Zr+4].c1ccc(P(c2ccccc2)c2cc3ccccc3[cH-]2)cc1. The van der Waals surface area contributed by atoms with Crippen LogP contribution in [0.3, 0.4) is 0 Å². The summed E-state index contributed by atoms with van der Waals surface area (Å²) >= 11 is 0. The van der Waals surface area contributed by atoms with Gasteiger partial charge in [-0.05, 0) is 42.7 Å². The molecule has 0 heterocycles. The first-order chi connectivity index (χ1) is 19.5. The Morgan fingerprint density at radius 2 is 0.884 bits per heavy atom. The van der Waals surface area contributed by atoms with Crippen molar-refractivity contribution >= 4 is 58.6 Å². The fourth-order valence-electron chi connectivity index (χ4n) is 5.35. The normalized spacial score (nSPS) is 10.8. The number of fused-ring (bicyclic) bond motifs is 2. The Labute approximate surface area is 292 Å². The maximum absolute atomic E-state index is 2.42. The van der Waals surface area contributed by atoms with E-state index in [0.717, 1.165) is 11.8 Å². The minimum atomic E-state index is -0.493. The smallest absolute Gasteiger partial charge is 1.00 e. The van der Waals surface area contributed by atoms with Gasteiger partial charge >= 0.3 is 26.2 Å². The van der Waals surface area contributed by atoms with Gasteiger partial charge < -0.3 is 24.8 Å². The first-order valence-corrected chi connectivity index (χ1v) is 17.5. The number of halogens is 2. The van der Waals surface area contributed by atoms with Crippen LogP contribution >= 0.6 is 15.8 Å². The summed E-state index contributed by atoms with van der Waals surface area (Å²) in [6.45, 7) is 9.38. The average molecular weight is 721 g/mol. The predicted molar refractivity (Wildman–Crippen MR) is 184 cm³/mol. The molecule has 0 amide bonds. The van der Waals surface area contributed by atoms with Gasteiger partial charge in [-0.1, -0.05) is 108 Å². The molecule has 0 bridgehead atoms. The van der Waals surface area contributed by atoms with Crippen molar-refractivity contribution in [1.82, 2.24) is 0 Å². The monoisotopic (exact) mass is 718 g/mol. The third-order valence-electron chi connectivity index (χ3n) is 7.03. The Hall–Kier alpha value is -1.58. The van der Waals surface area contributed by atoms with Crippen molar-refractivity contribution in [2.75, 3.05) is 12.3 Å². The minimum absolute atomic E-state index is 0. The van der Waals surface area contributed by atoms with Gasteiger partial charge in [0.2, 0.25) is 0 Å². The number of benzene rings is 4. The summed E-state index contributed by atoms with van der Waals surface area (Å²) in [5.41, 5.74) is 0. The van der Waals surface area contributed by atoms with Crippen LogP contribution in [0.25, 0.3) is 21.5 Å². The van der Waals surface area contributed by atoms with E-state index in [1.807, 2.05) is 0 Å². The second-order valence-corrected chi connectivity index (χ2v) is 15.9. The van der Waals surface area contributed by atoms with Crippen LogP contribution in [0.15, 0.2) is 133 Å². The Morgan fingerprint density at radius 1 is 0.512 bits per heavy atom. The third-order valence-corrected chi connectivity index (χ3v) is 12.8. The van der Waals surface area contributed by atoms with Crippen molar-refractivity contribution in [2.45, 2.75) is 27.7 Å². The third kappa shape index (κ3) is 10.2. The second-order valence-electron chi connectivity index (χ2n) is 11.4. The maximum Gasteiger partial charge on any atom is 4.00 e. The minimum Gasteiger partial charge on any atom is -1.00 e. The van der Waals surface area contributed by atoms with Gasteiger partial charge in [0.15, 0.2) is 0 Å². The van der Waals surface area contributed by atoms with Gasteiger partial charge in [-0.3, -0.25) is 0 Å². The van der Waals surface area contributed by atoms with Crippen molar-refractivity contribution in [1.29, 1.82) is 0 Å². The van der Waals surface area contributed by atoms with Crippen LogP contribution in [-0.4, -0.2) is 12.3 Å². The van der Waals surface area contributed by atoms with Gasteiger partial charge in [-0.25, -0.2) is 0 Å². The van der Waals surface area contributed by atoms with Crippen LogP contribution in [0.5, 0.6) is 0 Å². The van der Waals surface area contributed by atoms with E-state index in [9.17, 15) is 0 Å². The van der Waals surface area contributed by atoms with Crippen molar-refractivity contribution in [3.8, 4) is 0 Å². The largest absolute Gasteiger partial charge is 4.00 e. The molecule has 0 saturated carbocycles. The predicted octanol–water partition coefficient (Wildman–Crippen LogP) is 3.30. The Bertz CT molecular complexity index is 1510. The first-order valence-electron chi connectivity index (χ1n) is 14.4. The molecule has 0 aliphatic carbocycles. The van der Waals surface area contributed by atoms with Gasteiger partial charge in [0.05, 0.1) is 0 Å². The van der Waals surface area contributed by atoms with Crippen LogP contribution < -0.4 is 46.0 Å². The molecule has 0 atom stereocenters. The number of rotatable bonds is 8. The van der Waals surface area contributed by atoms with E-state index in [4.69, 9.17) is 0 Å². The van der Waals surface area contributed by atoms with Crippen LogP contribution in [0.1, 0.15) is 27.7 Å². The molecule has 6 aromatic carbocycles. The molecular weight excluding hydrogens is 680 g/mol. The second kappa shape index (κ2) is 18.4. The number of hydrogen-bond donors (Lipinski definition) is 0. The van der Waals surface area contributed by atoms with Crippen molar-refractivity contribution in [3.63, 3.8) is 0 Å². The molecule has 43 heavy (non-hydrogen) atoms. The molecule has 0 unspecified atom stereocenters. The topological polar surface area (TPSA) is 0 Å². The quantitative estimate of drug-likeness (QED) is 0.168. The molecule has 0 nitrogen and oxygen atoms in total. The molecule has 0 fully saturated rings. The van der Waals surface area contributed by atoms with Crippen molar-refractivity contribution in [3.05, 3.63) is 133 Å². The Kier molecular flexibility index (Phi) is 16.1. The standard InChI is InChI=1S/C21H16P.C17H24P.2ClH.Zr/c1-3-11-19(12-4-1)22(20-13-5-2-6-14-20)21-15-17-9-7-8-10-18(17)16-21;1-13(2)11-18(12-14(3)4)17-9-15-7-5-6-8-16(15)10-17;;;/h1-16H;5-10,13-14H,11-12H2,1-4H3;2*1H;/q2*-1;;;+4/p-2. The molecule has 220 valence electrons. The maximum atomic E-state index is 2.42.